The average Bonchev–Trinajstić information content (AvgIpc) is 2.57. The fraction of sp³-hybridized carbons (Fsp3) is 0.588. The highest BCUT2D eigenvalue weighted by molar-refractivity contribution is 5.97. The lowest BCUT2D eigenvalue weighted by atomic mass is 9.89. The van der Waals surface area contributed by atoms with E-state index in [1.807, 2.05) is 12.1 Å². The van der Waals surface area contributed by atoms with Crippen LogP contribution in [-0.4, -0.2) is 50.1 Å². The molecule has 114 valence electrons. The van der Waals surface area contributed by atoms with Gasteiger partial charge in [-0.3, -0.25) is 9.69 Å². The minimum Gasteiger partial charge on any atom is -0.379 e. The number of hydrogen-bond donors (Lipinski definition) is 1. The Morgan fingerprint density at radius 1 is 1.14 bits per heavy atom. The van der Waals surface area contributed by atoms with Gasteiger partial charge in [0.2, 0.25) is 0 Å². The molecule has 2 aliphatic heterocycles. The van der Waals surface area contributed by atoms with E-state index in [2.05, 4.69) is 22.3 Å². The Morgan fingerprint density at radius 2 is 1.81 bits per heavy atom. The van der Waals surface area contributed by atoms with Crippen molar-refractivity contribution < 1.29 is 9.53 Å². The summed E-state index contributed by atoms with van der Waals surface area (Å²) in [5, 5.41) is 3.31. The lowest BCUT2D eigenvalue weighted by Gasteiger charge is -2.26. The topological polar surface area (TPSA) is 41.6 Å². The monoisotopic (exact) mass is 288 g/mol. The number of morpholine rings is 1. The van der Waals surface area contributed by atoms with Crippen molar-refractivity contribution in [2.45, 2.75) is 19.4 Å². The van der Waals surface area contributed by atoms with Gasteiger partial charge in [0.15, 0.2) is 5.78 Å². The standard InChI is InChI=1S/C17H24N2O2/c20-17(16-5-7-18-8-6-16)15-3-1-14(2-4-15)13-19-9-11-21-12-10-19/h1-4,16,18H,5-13H2. The van der Waals surface area contributed by atoms with E-state index in [9.17, 15) is 4.79 Å². The summed E-state index contributed by atoms with van der Waals surface area (Å²) in [6.07, 6.45) is 1.93. The number of carbonyl (C=O) groups excluding carboxylic acids is 1. The molecule has 2 fully saturated rings. The van der Waals surface area contributed by atoms with Gasteiger partial charge >= 0.3 is 0 Å². The van der Waals surface area contributed by atoms with Gasteiger partial charge in [-0.2, -0.15) is 0 Å². The molecule has 0 bridgehead atoms. The Balaban J connectivity index is 1.59. The van der Waals surface area contributed by atoms with Gasteiger partial charge in [-0.15, -0.1) is 0 Å². The van der Waals surface area contributed by atoms with Gasteiger partial charge < -0.3 is 10.1 Å². The van der Waals surface area contributed by atoms with Crippen molar-refractivity contribution in [1.82, 2.24) is 10.2 Å². The molecule has 3 rings (SSSR count). The summed E-state index contributed by atoms with van der Waals surface area (Å²) < 4.78 is 5.36. The molecule has 0 unspecified atom stereocenters. The number of carbonyl (C=O) groups is 1. The van der Waals surface area contributed by atoms with Crippen LogP contribution in [0.25, 0.3) is 0 Å². The van der Waals surface area contributed by atoms with Crippen molar-refractivity contribution in [3.8, 4) is 0 Å². The predicted octanol–water partition coefficient (Wildman–Crippen LogP) is 1.70. The SMILES string of the molecule is O=C(c1ccc(CN2CCOCC2)cc1)C1CCNCC1. The lowest BCUT2D eigenvalue weighted by molar-refractivity contribution is 0.0342. The van der Waals surface area contributed by atoms with Gasteiger partial charge in [0.25, 0.3) is 0 Å². The van der Waals surface area contributed by atoms with Crippen LogP contribution in [0.4, 0.5) is 0 Å². The zero-order valence-corrected chi connectivity index (χ0v) is 12.5. The molecule has 1 N–H and O–H groups in total. The van der Waals surface area contributed by atoms with E-state index in [1.165, 1.54) is 5.56 Å². The van der Waals surface area contributed by atoms with E-state index in [-0.39, 0.29) is 5.92 Å². The third-order valence-electron chi connectivity index (χ3n) is 4.46. The molecule has 2 heterocycles. The summed E-state index contributed by atoms with van der Waals surface area (Å²) in [5.41, 5.74) is 2.14. The summed E-state index contributed by atoms with van der Waals surface area (Å²) >= 11 is 0. The van der Waals surface area contributed by atoms with E-state index in [1.54, 1.807) is 0 Å². The normalized spacial score (nSPS) is 21.3. The molecular formula is C17H24N2O2. The summed E-state index contributed by atoms with van der Waals surface area (Å²) in [7, 11) is 0. The van der Waals surface area contributed by atoms with Crippen LogP contribution in [-0.2, 0) is 11.3 Å². The summed E-state index contributed by atoms with van der Waals surface area (Å²) in [6.45, 7) is 6.52. The van der Waals surface area contributed by atoms with E-state index in [0.717, 1.165) is 64.3 Å². The minimum atomic E-state index is 0.205. The van der Waals surface area contributed by atoms with Crippen molar-refractivity contribution in [3.63, 3.8) is 0 Å². The average molecular weight is 288 g/mol. The third-order valence-corrected chi connectivity index (χ3v) is 4.46. The van der Waals surface area contributed by atoms with Crippen LogP contribution in [0.3, 0.4) is 0 Å². The number of nitrogens with one attached hydrogen (secondary N) is 1. The fourth-order valence-corrected chi connectivity index (χ4v) is 3.11. The molecule has 1 aromatic carbocycles. The summed E-state index contributed by atoms with van der Waals surface area (Å²) in [6, 6.07) is 8.20. The molecule has 0 spiro atoms. The van der Waals surface area contributed by atoms with Crippen LogP contribution in [0.2, 0.25) is 0 Å². The van der Waals surface area contributed by atoms with Crippen molar-refractivity contribution in [2.24, 2.45) is 5.92 Å². The Kier molecular flexibility index (Phi) is 5.01. The van der Waals surface area contributed by atoms with Crippen LogP contribution < -0.4 is 5.32 Å². The van der Waals surface area contributed by atoms with Crippen molar-refractivity contribution in [1.29, 1.82) is 0 Å². The van der Waals surface area contributed by atoms with Crippen molar-refractivity contribution in [2.75, 3.05) is 39.4 Å². The number of ether oxygens (including phenoxy) is 1. The van der Waals surface area contributed by atoms with Gasteiger partial charge in [0.05, 0.1) is 13.2 Å². The van der Waals surface area contributed by atoms with E-state index >= 15 is 0 Å². The molecule has 2 saturated heterocycles. The van der Waals surface area contributed by atoms with Crippen LogP contribution in [0.1, 0.15) is 28.8 Å². The molecular weight excluding hydrogens is 264 g/mol. The molecule has 0 amide bonds. The molecule has 0 aromatic heterocycles. The molecule has 1 aromatic rings. The molecule has 2 aliphatic rings. The second kappa shape index (κ2) is 7.16. The number of rotatable bonds is 4. The maximum absolute atomic E-state index is 12.4. The number of ketones is 1. The highest BCUT2D eigenvalue weighted by Gasteiger charge is 2.22. The Hall–Kier alpha value is -1.23. The van der Waals surface area contributed by atoms with E-state index < -0.39 is 0 Å². The summed E-state index contributed by atoms with van der Waals surface area (Å²) in [4.78, 5) is 14.8. The van der Waals surface area contributed by atoms with Crippen LogP contribution in [0.5, 0.6) is 0 Å². The maximum atomic E-state index is 12.4. The van der Waals surface area contributed by atoms with E-state index in [4.69, 9.17) is 4.74 Å². The van der Waals surface area contributed by atoms with Crippen LogP contribution in [0, 0.1) is 5.92 Å². The third kappa shape index (κ3) is 3.90. The number of Topliss-reactive ketones (excluding diaryl/α,β-unsaturated/α-hetero) is 1. The van der Waals surface area contributed by atoms with Crippen LogP contribution in [0.15, 0.2) is 24.3 Å². The smallest absolute Gasteiger partial charge is 0.166 e. The first-order valence-corrected chi connectivity index (χ1v) is 7.97. The van der Waals surface area contributed by atoms with Gasteiger partial charge in [0.1, 0.15) is 0 Å². The molecule has 4 heteroatoms. The Morgan fingerprint density at radius 3 is 2.48 bits per heavy atom. The Bertz CT molecular complexity index is 460. The number of nitrogens with zero attached hydrogens (tertiary/aromatic N) is 1. The highest BCUT2D eigenvalue weighted by Crippen LogP contribution is 2.19. The van der Waals surface area contributed by atoms with E-state index in [0.29, 0.717) is 5.78 Å². The van der Waals surface area contributed by atoms with Gasteiger partial charge in [-0.25, -0.2) is 0 Å². The highest BCUT2D eigenvalue weighted by atomic mass is 16.5. The largest absolute Gasteiger partial charge is 0.379 e. The molecule has 4 nitrogen and oxygen atoms in total. The molecule has 0 saturated carbocycles. The van der Waals surface area contributed by atoms with Gasteiger partial charge in [-0.05, 0) is 31.5 Å². The lowest BCUT2D eigenvalue weighted by Crippen LogP contribution is -2.35. The molecule has 0 aliphatic carbocycles. The number of hydrogen-bond acceptors (Lipinski definition) is 4. The van der Waals surface area contributed by atoms with Gasteiger partial charge in [0, 0.05) is 31.1 Å². The first-order valence-electron chi connectivity index (χ1n) is 7.97. The first kappa shape index (κ1) is 14.7. The fourth-order valence-electron chi connectivity index (χ4n) is 3.11. The molecule has 21 heavy (non-hydrogen) atoms. The summed E-state index contributed by atoms with van der Waals surface area (Å²) in [5.74, 6) is 0.519. The maximum Gasteiger partial charge on any atom is 0.166 e. The zero-order valence-electron chi connectivity index (χ0n) is 12.5. The molecule has 0 atom stereocenters. The second-order valence-corrected chi connectivity index (χ2v) is 5.97. The number of benzene rings is 1. The Labute approximate surface area is 126 Å². The van der Waals surface area contributed by atoms with Crippen molar-refractivity contribution in [3.05, 3.63) is 35.4 Å². The van der Waals surface area contributed by atoms with Gasteiger partial charge in [-0.1, -0.05) is 24.3 Å². The zero-order chi connectivity index (χ0) is 14.5. The molecule has 0 radical (unpaired) electrons. The number of piperidine rings is 1. The quantitative estimate of drug-likeness (QED) is 0.856. The predicted molar refractivity (Wildman–Crippen MR) is 82.5 cm³/mol. The van der Waals surface area contributed by atoms with Crippen LogP contribution >= 0.6 is 0 Å². The van der Waals surface area contributed by atoms with Crippen molar-refractivity contribution >= 4 is 5.78 Å². The minimum absolute atomic E-state index is 0.205. The first-order chi connectivity index (χ1) is 10.3. The second-order valence-electron chi connectivity index (χ2n) is 5.97.